The standard InChI is InChI=1S/C33H59N3O17/c1-31(2,3)51-28(44)34-12-18-20(40)21(41)22(42)27(47-18)50-25-15(36-30(46)53-33(7,8)9)10-14(35-29(45)52-32(4,5)6)24(23(25)43)49-26-17(39)11-16(38)19(13-37)48-26/h14-27,37-43H,10-13H2,1-9H3,(H,34,44)(H,35,45)(H,36,46). The van der Waals surface area contributed by atoms with E-state index in [0.29, 0.717) is 0 Å². The van der Waals surface area contributed by atoms with E-state index in [4.69, 9.17) is 33.2 Å². The number of ether oxygens (including phenoxy) is 7. The van der Waals surface area contributed by atoms with E-state index in [9.17, 15) is 50.1 Å². The summed E-state index contributed by atoms with van der Waals surface area (Å²) in [7, 11) is 0. The van der Waals surface area contributed by atoms with Crippen LogP contribution < -0.4 is 16.0 Å². The van der Waals surface area contributed by atoms with E-state index < -0.39 is 134 Å². The molecule has 14 unspecified atom stereocenters. The highest BCUT2D eigenvalue weighted by Gasteiger charge is 2.53. The van der Waals surface area contributed by atoms with Crippen molar-refractivity contribution in [3.8, 4) is 0 Å². The number of hydrogen-bond acceptors (Lipinski definition) is 17. The van der Waals surface area contributed by atoms with Gasteiger partial charge in [0.2, 0.25) is 0 Å². The van der Waals surface area contributed by atoms with Crippen molar-refractivity contribution in [2.24, 2.45) is 0 Å². The zero-order valence-corrected chi connectivity index (χ0v) is 31.6. The van der Waals surface area contributed by atoms with Crippen molar-refractivity contribution in [2.75, 3.05) is 13.2 Å². The zero-order valence-electron chi connectivity index (χ0n) is 31.6. The minimum absolute atomic E-state index is 0.266. The molecule has 3 rings (SSSR count). The topological polar surface area (TPSA) is 294 Å². The lowest BCUT2D eigenvalue weighted by molar-refractivity contribution is -0.332. The average molecular weight is 770 g/mol. The molecule has 20 nitrogen and oxygen atoms in total. The lowest BCUT2D eigenvalue weighted by Gasteiger charge is -2.49. The molecule has 1 aliphatic carbocycles. The van der Waals surface area contributed by atoms with Crippen molar-refractivity contribution in [3.63, 3.8) is 0 Å². The van der Waals surface area contributed by atoms with Crippen LogP contribution in [0, 0.1) is 0 Å². The summed E-state index contributed by atoms with van der Waals surface area (Å²) in [6, 6.07) is -2.45. The Morgan fingerprint density at radius 1 is 0.585 bits per heavy atom. The third-order valence-electron chi connectivity index (χ3n) is 8.19. The van der Waals surface area contributed by atoms with Gasteiger partial charge in [0.25, 0.3) is 0 Å². The summed E-state index contributed by atoms with van der Waals surface area (Å²) < 4.78 is 39.5. The van der Waals surface area contributed by atoms with Gasteiger partial charge in [-0.3, -0.25) is 0 Å². The first-order valence-corrected chi connectivity index (χ1v) is 17.6. The van der Waals surface area contributed by atoms with Crippen LogP contribution in [-0.4, -0.2) is 170 Å². The largest absolute Gasteiger partial charge is 0.444 e. The van der Waals surface area contributed by atoms with Gasteiger partial charge in [-0.15, -0.1) is 0 Å². The second kappa shape index (κ2) is 17.9. The third kappa shape index (κ3) is 13.3. The van der Waals surface area contributed by atoms with E-state index in [1.165, 1.54) is 0 Å². The van der Waals surface area contributed by atoms with Crippen molar-refractivity contribution in [2.45, 2.75) is 178 Å². The highest BCUT2D eigenvalue weighted by atomic mass is 16.7. The summed E-state index contributed by atoms with van der Waals surface area (Å²) in [6.07, 6.45) is -22.4. The number of aliphatic hydroxyl groups excluding tert-OH is 7. The Hall–Kier alpha value is -2.63. The molecule has 3 fully saturated rings. The molecule has 1 saturated carbocycles. The fourth-order valence-electron chi connectivity index (χ4n) is 5.91. The van der Waals surface area contributed by atoms with E-state index in [2.05, 4.69) is 16.0 Å². The van der Waals surface area contributed by atoms with Crippen molar-refractivity contribution >= 4 is 18.3 Å². The first-order valence-electron chi connectivity index (χ1n) is 17.6. The molecule has 20 heteroatoms. The monoisotopic (exact) mass is 769 g/mol. The van der Waals surface area contributed by atoms with Crippen LogP contribution >= 0.6 is 0 Å². The van der Waals surface area contributed by atoms with Crippen LogP contribution in [0.1, 0.15) is 75.2 Å². The predicted octanol–water partition coefficient (Wildman–Crippen LogP) is -1.53. The summed E-state index contributed by atoms with van der Waals surface area (Å²) in [6.45, 7) is 13.6. The molecule has 2 saturated heterocycles. The second-order valence-corrected chi connectivity index (χ2v) is 16.4. The molecule has 0 aromatic heterocycles. The van der Waals surface area contributed by atoms with Crippen LogP contribution in [0.5, 0.6) is 0 Å². The Kier molecular flexibility index (Phi) is 15.1. The number of carbonyl (C=O) groups is 3. The number of alkyl carbamates (subject to hydrolysis) is 3. The summed E-state index contributed by atoms with van der Waals surface area (Å²) in [4.78, 5) is 38.4. The van der Waals surface area contributed by atoms with Gasteiger partial charge in [0, 0.05) is 13.0 Å². The lowest BCUT2D eigenvalue weighted by Crippen LogP contribution is -2.69. The van der Waals surface area contributed by atoms with Crippen molar-refractivity contribution < 1.29 is 83.3 Å². The summed E-state index contributed by atoms with van der Waals surface area (Å²) in [5.41, 5.74) is -2.76. The van der Waals surface area contributed by atoms with Gasteiger partial charge in [0.15, 0.2) is 12.6 Å². The number of rotatable bonds is 9. The molecule has 0 spiro atoms. The van der Waals surface area contributed by atoms with Crippen molar-refractivity contribution in [3.05, 3.63) is 0 Å². The van der Waals surface area contributed by atoms with Crippen LogP contribution in [-0.2, 0) is 33.2 Å². The number of aliphatic hydroxyl groups is 7. The number of amides is 3. The molecular formula is C33H59N3O17. The fraction of sp³-hybridized carbons (Fsp3) is 0.909. The van der Waals surface area contributed by atoms with E-state index in [-0.39, 0.29) is 12.8 Å². The van der Waals surface area contributed by atoms with Crippen LogP contribution in [0.4, 0.5) is 14.4 Å². The van der Waals surface area contributed by atoms with Crippen LogP contribution in [0.15, 0.2) is 0 Å². The van der Waals surface area contributed by atoms with Crippen molar-refractivity contribution in [1.29, 1.82) is 0 Å². The highest BCUT2D eigenvalue weighted by molar-refractivity contribution is 5.69. The minimum Gasteiger partial charge on any atom is -0.444 e. The molecule has 3 amide bonds. The van der Waals surface area contributed by atoms with Gasteiger partial charge in [0.05, 0.1) is 24.8 Å². The molecule has 2 heterocycles. The van der Waals surface area contributed by atoms with Crippen molar-refractivity contribution in [1.82, 2.24) is 16.0 Å². The number of hydrogen-bond donors (Lipinski definition) is 10. The minimum atomic E-state index is -1.93. The molecular weight excluding hydrogens is 710 g/mol. The zero-order chi connectivity index (χ0) is 40.2. The van der Waals surface area contributed by atoms with Gasteiger partial charge in [0.1, 0.15) is 71.7 Å². The van der Waals surface area contributed by atoms with Gasteiger partial charge >= 0.3 is 18.3 Å². The molecule has 2 aliphatic heterocycles. The summed E-state index contributed by atoms with van der Waals surface area (Å²) in [5.74, 6) is 0. The Morgan fingerprint density at radius 2 is 1.04 bits per heavy atom. The number of nitrogens with one attached hydrogen (secondary N) is 3. The van der Waals surface area contributed by atoms with E-state index in [0.717, 1.165) is 0 Å². The van der Waals surface area contributed by atoms with E-state index in [1.54, 1.807) is 62.3 Å². The van der Waals surface area contributed by atoms with Gasteiger partial charge in [-0.2, -0.15) is 0 Å². The van der Waals surface area contributed by atoms with E-state index in [1.807, 2.05) is 0 Å². The molecule has 0 aromatic carbocycles. The second-order valence-electron chi connectivity index (χ2n) is 16.4. The average Bonchev–Trinajstić information content (AvgIpc) is 2.98. The SMILES string of the molecule is CC(C)(C)OC(=O)NCC1OC(OC2C(NC(=O)OC(C)(C)C)CC(NC(=O)OC(C)(C)C)C(OC3OC(CO)C(O)CC3O)C2O)C(O)C(O)C1O. The fourth-order valence-corrected chi connectivity index (χ4v) is 5.91. The molecule has 3 aliphatic rings. The van der Waals surface area contributed by atoms with Gasteiger partial charge in [-0.05, 0) is 68.7 Å². The maximum atomic E-state index is 13.1. The predicted molar refractivity (Wildman–Crippen MR) is 180 cm³/mol. The smallest absolute Gasteiger partial charge is 0.407 e. The Balaban J connectivity index is 1.97. The molecule has 10 N–H and O–H groups in total. The third-order valence-corrected chi connectivity index (χ3v) is 8.19. The summed E-state index contributed by atoms with van der Waals surface area (Å²) >= 11 is 0. The van der Waals surface area contributed by atoms with Gasteiger partial charge in [-0.25, -0.2) is 14.4 Å². The Bertz CT molecular complexity index is 1220. The molecule has 53 heavy (non-hydrogen) atoms. The van der Waals surface area contributed by atoms with E-state index >= 15 is 0 Å². The normalized spacial score (nSPS) is 36.9. The first-order chi connectivity index (χ1) is 24.3. The molecule has 0 aromatic rings. The molecule has 0 radical (unpaired) electrons. The highest BCUT2D eigenvalue weighted by Crippen LogP contribution is 2.33. The lowest BCUT2D eigenvalue weighted by atomic mass is 9.83. The number of carbonyl (C=O) groups excluding carboxylic acids is 3. The first kappa shape index (κ1) is 44.8. The van der Waals surface area contributed by atoms with Crippen LogP contribution in [0.3, 0.4) is 0 Å². The van der Waals surface area contributed by atoms with Crippen LogP contribution in [0.2, 0.25) is 0 Å². The molecule has 0 bridgehead atoms. The molecule has 308 valence electrons. The Labute approximate surface area is 308 Å². The summed E-state index contributed by atoms with van der Waals surface area (Å²) in [5, 5.41) is 82.6. The molecule has 14 atom stereocenters. The maximum absolute atomic E-state index is 13.1. The Morgan fingerprint density at radius 3 is 1.51 bits per heavy atom. The quantitative estimate of drug-likeness (QED) is 0.119. The maximum Gasteiger partial charge on any atom is 0.407 e. The van der Waals surface area contributed by atoms with Crippen LogP contribution in [0.25, 0.3) is 0 Å². The van der Waals surface area contributed by atoms with Gasteiger partial charge < -0.3 is 84.9 Å². The van der Waals surface area contributed by atoms with Gasteiger partial charge in [-0.1, -0.05) is 0 Å².